The quantitative estimate of drug-likeness (QED) is 0.808. The van der Waals surface area contributed by atoms with Crippen LogP contribution < -0.4 is 5.32 Å². The van der Waals surface area contributed by atoms with Crippen LogP contribution in [0.3, 0.4) is 0 Å². The van der Waals surface area contributed by atoms with Crippen LogP contribution in [0.1, 0.15) is 6.92 Å². The first-order chi connectivity index (χ1) is 7.38. The molecule has 15 heavy (non-hydrogen) atoms. The maximum atomic E-state index is 4.34. The van der Waals surface area contributed by atoms with E-state index in [2.05, 4.69) is 30.5 Å². The lowest BCUT2D eigenvalue weighted by molar-refractivity contribution is 0.961. The van der Waals surface area contributed by atoms with Crippen molar-refractivity contribution in [2.45, 2.75) is 17.1 Å². The van der Waals surface area contributed by atoms with Gasteiger partial charge in [0.05, 0.1) is 12.4 Å². The summed E-state index contributed by atoms with van der Waals surface area (Å²) in [7, 11) is 0. The minimum Gasteiger partial charge on any atom is -0.369 e. The van der Waals surface area contributed by atoms with Gasteiger partial charge in [0.15, 0.2) is 5.16 Å². The number of hydrogen-bond acceptors (Lipinski definition) is 6. The molecule has 2 heterocycles. The summed E-state index contributed by atoms with van der Waals surface area (Å²) < 4.78 is 0. The largest absolute Gasteiger partial charge is 0.369 e. The molecule has 0 radical (unpaired) electrons. The van der Waals surface area contributed by atoms with Gasteiger partial charge in [-0.25, -0.2) is 9.97 Å². The highest BCUT2D eigenvalue weighted by molar-refractivity contribution is 7.99. The van der Waals surface area contributed by atoms with Gasteiger partial charge < -0.3 is 5.32 Å². The van der Waals surface area contributed by atoms with Gasteiger partial charge in [-0.3, -0.25) is 10.1 Å². The van der Waals surface area contributed by atoms with Gasteiger partial charge in [-0.15, -0.1) is 0 Å². The van der Waals surface area contributed by atoms with E-state index in [9.17, 15) is 0 Å². The molecule has 0 amide bonds. The lowest BCUT2D eigenvalue weighted by Gasteiger charge is -2.02. The van der Waals surface area contributed by atoms with E-state index in [4.69, 9.17) is 0 Å². The van der Waals surface area contributed by atoms with Crippen molar-refractivity contribution in [3.8, 4) is 0 Å². The molecule has 2 N–H and O–H groups in total. The molecule has 2 aromatic rings. The number of hydrogen-bond donors (Lipinski definition) is 2. The Bertz CT molecular complexity index is 415. The highest BCUT2D eigenvalue weighted by Gasteiger charge is 2.02. The van der Waals surface area contributed by atoms with E-state index in [0.29, 0.717) is 5.16 Å². The number of H-pyrrole nitrogens is 1. The van der Waals surface area contributed by atoms with E-state index in [1.807, 2.05) is 6.92 Å². The zero-order chi connectivity index (χ0) is 10.5. The van der Waals surface area contributed by atoms with Gasteiger partial charge in [0.2, 0.25) is 0 Å². The molecule has 0 saturated heterocycles. The first kappa shape index (κ1) is 9.91. The van der Waals surface area contributed by atoms with Gasteiger partial charge in [-0.1, -0.05) is 0 Å². The summed E-state index contributed by atoms with van der Waals surface area (Å²) in [6.07, 6.45) is 4.84. The molecule has 6 nitrogen and oxygen atoms in total. The third kappa shape index (κ3) is 2.66. The zero-order valence-corrected chi connectivity index (χ0v) is 8.95. The van der Waals surface area contributed by atoms with Crippen molar-refractivity contribution in [1.29, 1.82) is 0 Å². The van der Waals surface area contributed by atoms with Crippen LogP contribution in [0.25, 0.3) is 0 Å². The number of anilines is 1. The van der Waals surface area contributed by atoms with E-state index in [1.165, 1.54) is 18.1 Å². The Morgan fingerprint density at radius 1 is 1.47 bits per heavy atom. The third-order valence-corrected chi connectivity index (χ3v) is 2.36. The molecule has 7 heteroatoms. The minimum atomic E-state index is 0.706. The van der Waals surface area contributed by atoms with Gasteiger partial charge in [0.1, 0.15) is 17.2 Å². The standard InChI is InChI=1S/C8H10N6S/c1-2-10-6-3-9-4-7(13-6)15-8-11-5-12-14-8/h3-5H,2H2,1H3,(H,10,13)(H,11,12,14). The molecule has 0 bridgehead atoms. The Kier molecular flexibility index (Phi) is 3.13. The average Bonchev–Trinajstić information content (AvgIpc) is 2.71. The van der Waals surface area contributed by atoms with Crippen molar-refractivity contribution in [2.75, 3.05) is 11.9 Å². The van der Waals surface area contributed by atoms with E-state index in [1.54, 1.807) is 12.4 Å². The zero-order valence-electron chi connectivity index (χ0n) is 8.14. The Morgan fingerprint density at radius 3 is 3.13 bits per heavy atom. The first-order valence-electron chi connectivity index (χ1n) is 4.47. The Hall–Kier alpha value is -1.63. The highest BCUT2D eigenvalue weighted by Crippen LogP contribution is 2.21. The van der Waals surface area contributed by atoms with E-state index in [-0.39, 0.29) is 0 Å². The van der Waals surface area contributed by atoms with Crippen molar-refractivity contribution in [1.82, 2.24) is 25.1 Å². The summed E-state index contributed by atoms with van der Waals surface area (Å²) in [5.74, 6) is 0.766. The Morgan fingerprint density at radius 2 is 2.40 bits per heavy atom. The third-order valence-electron chi connectivity index (χ3n) is 1.56. The van der Waals surface area contributed by atoms with Gasteiger partial charge in [-0.05, 0) is 18.7 Å². The van der Waals surface area contributed by atoms with Gasteiger partial charge in [-0.2, -0.15) is 5.10 Å². The summed E-state index contributed by atoms with van der Waals surface area (Å²) in [5, 5.41) is 11.1. The summed E-state index contributed by atoms with van der Waals surface area (Å²) in [6, 6.07) is 0. The fraction of sp³-hybridized carbons (Fsp3) is 0.250. The van der Waals surface area contributed by atoms with Crippen LogP contribution in [0.2, 0.25) is 0 Å². The van der Waals surface area contributed by atoms with E-state index in [0.717, 1.165) is 17.4 Å². The normalized spacial score (nSPS) is 10.2. The average molecular weight is 222 g/mol. The molecule has 2 rings (SSSR count). The monoisotopic (exact) mass is 222 g/mol. The van der Waals surface area contributed by atoms with Crippen LogP contribution in [-0.4, -0.2) is 31.7 Å². The van der Waals surface area contributed by atoms with Crippen molar-refractivity contribution in [3.05, 3.63) is 18.7 Å². The van der Waals surface area contributed by atoms with Crippen molar-refractivity contribution >= 4 is 17.6 Å². The molecule has 0 saturated carbocycles. The van der Waals surface area contributed by atoms with Crippen LogP contribution >= 0.6 is 11.8 Å². The second-order valence-electron chi connectivity index (χ2n) is 2.67. The van der Waals surface area contributed by atoms with Crippen LogP contribution in [0.5, 0.6) is 0 Å². The molecule has 0 fully saturated rings. The van der Waals surface area contributed by atoms with Crippen molar-refractivity contribution in [2.24, 2.45) is 0 Å². The summed E-state index contributed by atoms with van der Waals surface area (Å²) in [6.45, 7) is 2.84. The summed E-state index contributed by atoms with van der Waals surface area (Å²) in [4.78, 5) is 12.4. The molecular weight excluding hydrogens is 212 g/mol. The minimum absolute atomic E-state index is 0.706. The lowest BCUT2D eigenvalue weighted by Crippen LogP contribution is -2.00. The van der Waals surface area contributed by atoms with Gasteiger partial charge in [0, 0.05) is 6.54 Å². The van der Waals surface area contributed by atoms with E-state index < -0.39 is 0 Å². The van der Waals surface area contributed by atoms with Crippen LogP contribution in [0, 0.1) is 0 Å². The second-order valence-corrected chi connectivity index (χ2v) is 3.67. The summed E-state index contributed by atoms with van der Waals surface area (Å²) >= 11 is 1.39. The molecule has 0 spiro atoms. The fourth-order valence-corrected chi connectivity index (χ4v) is 1.66. The number of nitrogens with one attached hydrogen (secondary N) is 2. The summed E-state index contributed by atoms with van der Waals surface area (Å²) in [5.41, 5.74) is 0. The molecule has 0 atom stereocenters. The van der Waals surface area contributed by atoms with Crippen LogP contribution in [0.4, 0.5) is 5.82 Å². The Labute approximate surface area is 90.9 Å². The number of aromatic amines is 1. The predicted octanol–water partition coefficient (Wildman–Crippen LogP) is 1.18. The van der Waals surface area contributed by atoms with Gasteiger partial charge >= 0.3 is 0 Å². The molecule has 0 aliphatic heterocycles. The fourth-order valence-electron chi connectivity index (χ4n) is 1.01. The van der Waals surface area contributed by atoms with Crippen LogP contribution in [0.15, 0.2) is 28.9 Å². The number of aromatic nitrogens is 5. The molecule has 0 aliphatic carbocycles. The maximum absolute atomic E-state index is 4.34. The van der Waals surface area contributed by atoms with Gasteiger partial charge in [0.25, 0.3) is 0 Å². The second kappa shape index (κ2) is 4.74. The molecule has 2 aromatic heterocycles. The topological polar surface area (TPSA) is 79.4 Å². The van der Waals surface area contributed by atoms with Crippen molar-refractivity contribution in [3.63, 3.8) is 0 Å². The molecule has 0 aromatic carbocycles. The molecular formula is C8H10N6S. The smallest absolute Gasteiger partial charge is 0.189 e. The number of nitrogens with zero attached hydrogens (tertiary/aromatic N) is 4. The predicted molar refractivity (Wildman–Crippen MR) is 56.7 cm³/mol. The van der Waals surface area contributed by atoms with Crippen LogP contribution in [-0.2, 0) is 0 Å². The van der Waals surface area contributed by atoms with Crippen molar-refractivity contribution < 1.29 is 0 Å². The SMILES string of the molecule is CCNc1cncc(Sc2ncn[nH]2)n1. The van der Waals surface area contributed by atoms with E-state index >= 15 is 0 Å². The molecule has 0 aliphatic rings. The highest BCUT2D eigenvalue weighted by atomic mass is 32.2. The Balaban J connectivity index is 2.11. The molecule has 0 unspecified atom stereocenters. The lowest BCUT2D eigenvalue weighted by atomic mass is 10.6. The molecule has 78 valence electrons. The first-order valence-corrected chi connectivity index (χ1v) is 5.29. The maximum Gasteiger partial charge on any atom is 0.189 e. The number of rotatable bonds is 4.